The minimum absolute atomic E-state index is 0.0553. The van der Waals surface area contributed by atoms with Crippen LogP contribution in [0.2, 0.25) is 0 Å². The zero-order chi connectivity index (χ0) is 16.3. The lowest BCUT2D eigenvalue weighted by Crippen LogP contribution is -2.28. The SMILES string of the molecule is CC(C)(C)OC(=O)Nc1ccc(C(CN)C(F)(F)F)cc1. The molecule has 1 unspecified atom stereocenters. The van der Waals surface area contributed by atoms with Crippen molar-refractivity contribution in [3.8, 4) is 0 Å². The molecular weight excluding hydrogens is 285 g/mol. The maximum Gasteiger partial charge on any atom is 0.412 e. The highest BCUT2D eigenvalue weighted by atomic mass is 19.4. The lowest BCUT2D eigenvalue weighted by atomic mass is 9.98. The molecule has 0 aliphatic rings. The molecule has 21 heavy (non-hydrogen) atoms. The second-order valence-corrected chi connectivity index (χ2v) is 5.58. The number of anilines is 1. The third kappa shape index (κ3) is 5.63. The maximum atomic E-state index is 12.7. The molecule has 1 atom stereocenters. The fourth-order valence-electron chi connectivity index (χ4n) is 1.68. The summed E-state index contributed by atoms with van der Waals surface area (Å²) >= 11 is 0. The normalized spacial score (nSPS) is 13.7. The van der Waals surface area contributed by atoms with Crippen LogP contribution in [0.3, 0.4) is 0 Å². The summed E-state index contributed by atoms with van der Waals surface area (Å²) in [6.45, 7) is 4.61. The highest BCUT2D eigenvalue weighted by Crippen LogP contribution is 2.34. The van der Waals surface area contributed by atoms with Gasteiger partial charge in [-0.25, -0.2) is 4.79 Å². The molecule has 0 bridgehead atoms. The van der Waals surface area contributed by atoms with Gasteiger partial charge in [-0.2, -0.15) is 13.2 Å². The third-order valence-corrected chi connectivity index (χ3v) is 2.59. The van der Waals surface area contributed by atoms with Crippen LogP contribution in [0.15, 0.2) is 24.3 Å². The lowest BCUT2D eigenvalue weighted by molar-refractivity contribution is -0.148. The topological polar surface area (TPSA) is 64.3 Å². The van der Waals surface area contributed by atoms with E-state index in [4.69, 9.17) is 10.5 Å². The molecule has 0 spiro atoms. The van der Waals surface area contributed by atoms with E-state index in [0.29, 0.717) is 5.69 Å². The number of benzene rings is 1. The summed E-state index contributed by atoms with van der Waals surface area (Å²) in [5, 5.41) is 2.45. The van der Waals surface area contributed by atoms with Crippen molar-refractivity contribution >= 4 is 11.8 Å². The summed E-state index contributed by atoms with van der Waals surface area (Å²) in [6, 6.07) is 5.34. The van der Waals surface area contributed by atoms with Gasteiger partial charge in [0.15, 0.2) is 0 Å². The Morgan fingerprint density at radius 1 is 1.24 bits per heavy atom. The van der Waals surface area contributed by atoms with Gasteiger partial charge in [0.2, 0.25) is 0 Å². The molecule has 0 aliphatic heterocycles. The Morgan fingerprint density at radius 2 is 1.76 bits per heavy atom. The molecule has 0 radical (unpaired) electrons. The highest BCUT2D eigenvalue weighted by Gasteiger charge is 2.39. The Hall–Kier alpha value is -1.76. The van der Waals surface area contributed by atoms with Crippen molar-refractivity contribution in [2.24, 2.45) is 5.73 Å². The van der Waals surface area contributed by atoms with Crippen LogP contribution in [-0.2, 0) is 4.74 Å². The first-order valence-electron chi connectivity index (χ1n) is 6.39. The Balaban J connectivity index is 2.77. The van der Waals surface area contributed by atoms with Crippen LogP contribution in [0.5, 0.6) is 0 Å². The molecule has 0 aliphatic carbocycles. The maximum absolute atomic E-state index is 12.7. The fourth-order valence-corrected chi connectivity index (χ4v) is 1.68. The number of hydrogen-bond acceptors (Lipinski definition) is 3. The largest absolute Gasteiger partial charge is 0.444 e. The smallest absolute Gasteiger partial charge is 0.412 e. The second-order valence-electron chi connectivity index (χ2n) is 5.58. The van der Waals surface area contributed by atoms with Crippen molar-refractivity contribution in [1.29, 1.82) is 0 Å². The van der Waals surface area contributed by atoms with Crippen molar-refractivity contribution in [1.82, 2.24) is 0 Å². The minimum atomic E-state index is -4.39. The molecule has 1 aromatic rings. The molecule has 0 fully saturated rings. The van der Waals surface area contributed by atoms with Gasteiger partial charge < -0.3 is 10.5 Å². The number of halogens is 3. The van der Waals surface area contributed by atoms with Gasteiger partial charge in [0.05, 0.1) is 5.92 Å². The van der Waals surface area contributed by atoms with Crippen LogP contribution >= 0.6 is 0 Å². The molecule has 3 N–H and O–H groups in total. The summed E-state index contributed by atoms with van der Waals surface area (Å²) in [5.74, 6) is -1.71. The number of ether oxygens (including phenoxy) is 1. The molecule has 118 valence electrons. The molecule has 1 rings (SSSR count). The number of nitrogens with two attached hydrogens (primary N) is 1. The highest BCUT2D eigenvalue weighted by molar-refractivity contribution is 5.84. The quantitative estimate of drug-likeness (QED) is 0.896. The molecule has 0 heterocycles. The predicted molar refractivity (Wildman–Crippen MR) is 74.1 cm³/mol. The van der Waals surface area contributed by atoms with E-state index in [0.717, 1.165) is 0 Å². The van der Waals surface area contributed by atoms with Crippen molar-refractivity contribution in [3.05, 3.63) is 29.8 Å². The van der Waals surface area contributed by atoms with Crippen LogP contribution in [-0.4, -0.2) is 24.4 Å². The van der Waals surface area contributed by atoms with Crippen molar-refractivity contribution in [2.75, 3.05) is 11.9 Å². The standard InChI is InChI=1S/C14H19F3N2O2/c1-13(2,3)21-12(20)19-10-6-4-9(5-7-10)11(8-18)14(15,16)17/h4-7,11H,8,18H2,1-3H3,(H,19,20). The molecule has 1 amide bonds. The first-order valence-corrected chi connectivity index (χ1v) is 6.39. The Kier molecular flexibility index (Phi) is 5.22. The summed E-state index contributed by atoms with van der Waals surface area (Å²) < 4.78 is 43.2. The van der Waals surface area contributed by atoms with Gasteiger partial charge in [-0.05, 0) is 38.5 Å². The van der Waals surface area contributed by atoms with E-state index in [1.807, 2.05) is 0 Å². The monoisotopic (exact) mass is 304 g/mol. The van der Waals surface area contributed by atoms with E-state index in [9.17, 15) is 18.0 Å². The van der Waals surface area contributed by atoms with Gasteiger partial charge >= 0.3 is 12.3 Å². The second kappa shape index (κ2) is 6.34. The first kappa shape index (κ1) is 17.3. The number of carbonyl (C=O) groups excluding carboxylic acids is 1. The van der Waals surface area contributed by atoms with Gasteiger partial charge in [-0.1, -0.05) is 12.1 Å². The average Bonchev–Trinajstić information content (AvgIpc) is 2.27. The summed E-state index contributed by atoms with van der Waals surface area (Å²) in [5.41, 5.74) is 4.93. The van der Waals surface area contributed by atoms with E-state index >= 15 is 0 Å². The zero-order valence-electron chi connectivity index (χ0n) is 12.1. The molecule has 7 heteroatoms. The van der Waals surface area contributed by atoms with E-state index in [2.05, 4.69) is 5.32 Å². The lowest BCUT2D eigenvalue weighted by Gasteiger charge is -2.20. The van der Waals surface area contributed by atoms with Crippen LogP contribution in [0, 0.1) is 0 Å². The molecule has 4 nitrogen and oxygen atoms in total. The Labute approximate surface area is 121 Å². The van der Waals surface area contributed by atoms with Crippen molar-refractivity contribution in [2.45, 2.75) is 38.5 Å². The number of amides is 1. The van der Waals surface area contributed by atoms with Crippen LogP contribution in [0.25, 0.3) is 0 Å². The van der Waals surface area contributed by atoms with E-state index < -0.39 is 30.3 Å². The molecule has 0 aromatic heterocycles. The van der Waals surface area contributed by atoms with E-state index in [1.54, 1.807) is 20.8 Å². The van der Waals surface area contributed by atoms with Crippen LogP contribution in [0.1, 0.15) is 32.3 Å². The predicted octanol–water partition coefficient (Wildman–Crippen LogP) is 3.64. The summed E-state index contributed by atoms with van der Waals surface area (Å²) in [7, 11) is 0. The van der Waals surface area contributed by atoms with E-state index in [-0.39, 0.29) is 5.56 Å². The zero-order valence-corrected chi connectivity index (χ0v) is 12.1. The first-order chi connectivity index (χ1) is 9.53. The van der Waals surface area contributed by atoms with Gasteiger partial charge in [-0.15, -0.1) is 0 Å². The van der Waals surface area contributed by atoms with Crippen molar-refractivity contribution < 1.29 is 22.7 Å². The van der Waals surface area contributed by atoms with E-state index in [1.165, 1.54) is 24.3 Å². The number of rotatable bonds is 3. The minimum Gasteiger partial charge on any atom is -0.444 e. The Bertz CT molecular complexity index is 478. The number of alkyl halides is 3. The van der Waals surface area contributed by atoms with Gasteiger partial charge in [0, 0.05) is 12.2 Å². The number of carbonyl (C=O) groups is 1. The van der Waals surface area contributed by atoms with Crippen LogP contribution < -0.4 is 11.1 Å². The van der Waals surface area contributed by atoms with Crippen molar-refractivity contribution in [3.63, 3.8) is 0 Å². The summed E-state index contributed by atoms with van der Waals surface area (Å²) in [4.78, 5) is 11.5. The van der Waals surface area contributed by atoms with Crippen LogP contribution in [0.4, 0.5) is 23.7 Å². The number of hydrogen-bond donors (Lipinski definition) is 2. The number of nitrogens with one attached hydrogen (secondary N) is 1. The van der Waals surface area contributed by atoms with Gasteiger partial charge in [0.25, 0.3) is 0 Å². The Morgan fingerprint density at radius 3 is 2.14 bits per heavy atom. The molecular formula is C14H19F3N2O2. The van der Waals surface area contributed by atoms with Gasteiger partial charge in [0.1, 0.15) is 5.60 Å². The summed E-state index contributed by atoms with van der Waals surface area (Å²) in [6.07, 6.45) is -5.06. The molecule has 0 saturated carbocycles. The molecule has 1 aromatic carbocycles. The third-order valence-electron chi connectivity index (χ3n) is 2.59. The molecule has 0 saturated heterocycles. The van der Waals surface area contributed by atoms with Gasteiger partial charge in [-0.3, -0.25) is 5.32 Å². The average molecular weight is 304 g/mol. The fraction of sp³-hybridized carbons (Fsp3) is 0.500.